The second kappa shape index (κ2) is 8.57. The van der Waals surface area contributed by atoms with Gasteiger partial charge in [0, 0.05) is 40.9 Å². The zero-order chi connectivity index (χ0) is 27.2. The second-order valence-corrected chi connectivity index (χ2v) is 12.3. The van der Waals surface area contributed by atoms with E-state index in [9.17, 15) is 9.90 Å². The summed E-state index contributed by atoms with van der Waals surface area (Å²) in [6.07, 6.45) is 13.6. The topological polar surface area (TPSA) is 151 Å². The minimum absolute atomic E-state index is 0.0641. The van der Waals surface area contributed by atoms with E-state index < -0.39 is 5.60 Å². The Balaban J connectivity index is 1.19. The van der Waals surface area contributed by atoms with Crippen LogP contribution in [0.15, 0.2) is 24.8 Å². The van der Waals surface area contributed by atoms with E-state index in [-0.39, 0.29) is 23.9 Å². The SMILES string of the molecule is CC1(O)CCCc2cc(-c3cnn4c(N)c(C5CC5)c([C@H]5C[C@H]6CC[C@@H](C5)N6C(=O)c5nnc[nH]5)nc34)cnc21. The molecule has 2 aliphatic carbocycles. The zero-order valence-electron chi connectivity index (χ0n) is 22.5. The number of H-pyrrole nitrogens is 1. The van der Waals surface area contributed by atoms with Gasteiger partial charge in [-0.15, -0.1) is 10.2 Å². The minimum Gasteiger partial charge on any atom is -0.384 e. The number of hydrogen-bond acceptors (Lipinski definition) is 8. The third kappa shape index (κ3) is 3.59. The van der Waals surface area contributed by atoms with Crippen LogP contribution in [-0.4, -0.2) is 62.8 Å². The number of aromatic amines is 1. The van der Waals surface area contributed by atoms with Crippen molar-refractivity contribution >= 4 is 17.4 Å². The summed E-state index contributed by atoms with van der Waals surface area (Å²) in [7, 11) is 0. The number of nitrogens with zero attached hydrogens (tertiary/aromatic N) is 7. The Labute approximate surface area is 231 Å². The monoisotopic (exact) mass is 539 g/mol. The normalized spacial score (nSPS) is 27.8. The summed E-state index contributed by atoms with van der Waals surface area (Å²) < 4.78 is 1.79. The molecule has 0 spiro atoms. The Morgan fingerprint density at radius 3 is 2.67 bits per heavy atom. The molecule has 11 heteroatoms. The first kappa shape index (κ1) is 24.0. The van der Waals surface area contributed by atoms with Crippen molar-refractivity contribution in [1.82, 2.24) is 39.7 Å². The van der Waals surface area contributed by atoms with Crippen LogP contribution in [0, 0.1) is 0 Å². The lowest BCUT2D eigenvalue weighted by Crippen LogP contribution is -2.46. The number of nitrogens with one attached hydrogen (secondary N) is 1. The van der Waals surface area contributed by atoms with E-state index in [0.717, 1.165) is 97.1 Å². The van der Waals surface area contributed by atoms with Gasteiger partial charge in [0.05, 0.1) is 17.6 Å². The first-order valence-corrected chi connectivity index (χ1v) is 14.5. The van der Waals surface area contributed by atoms with E-state index in [0.29, 0.717) is 17.6 Å². The summed E-state index contributed by atoms with van der Waals surface area (Å²) in [6.45, 7) is 1.85. The van der Waals surface area contributed by atoms with Gasteiger partial charge in [0.1, 0.15) is 17.7 Å². The van der Waals surface area contributed by atoms with Crippen LogP contribution >= 0.6 is 0 Å². The Hall–Kier alpha value is -3.86. The molecule has 4 aromatic heterocycles. The lowest BCUT2D eigenvalue weighted by atomic mass is 9.83. The Kier molecular flexibility index (Phi) is 5.14. The van der Waals surface area contributed by atoms with Crippen LogP contribution in [0.5, 0.6) is 0 Å². The van der Waals surface area contributed by atoms with Crippen LogP contribution in [0.3, 0.4) is 0 Å². The average molecular weight is 540 g/mol. The molecule has 2 bridgehead atoms. The first-order valence-electron chi connectivity index (χ1n) is 14.5. The number of aryl methyl sites for hydroxylation is 1. The highest BCUT2D eigenvalue weighted by molar-refractivity contribution is 5.91. The van der Waals surface area contributed by atoms with E-state index in [1.54, 1.807) is 4.52 Å². The predicted molar refractivity (Wildman–Crippen MR) is 146 cm³/mol. The van der Waals surface area contributed by atoms with Crippen molar-refractivity contribution in [1.29, 1.82) is 0 Å². The fraction of sp³-hybridized carbons (Fsp3) is 0.517. The molecule has 8 rings (SSSR count). The van der Waals surface area contributed by atoms with Gasteiger partial charge in [0.15, 0.2) is 5.65 Å². The number of piperidine rings is 1. The van der Waals surface area contributed by atoms with Crippen LogP contribution in [0.2, 0.25) is 0 Å². The van der Waals surface area contributed by atoms with Crippen molar-refractivity contribution in [3.05, 3.63) is 53.1 Å². The molecule has 4 N–H and O–H groups in total. The molecule has 0 radical (unpaired) electrons. The number of carbonyl (C=O) groups is 1. The van der Waals surface area contributed by atoms with Crippen LogP contribution in [0.1, 0.15) is 103 Å². The number of rotatable bonds is 4. The number of amides is 1. The molecule has 1 unspecified atom stereocenters. The van der Waals surface area contributed by atoms with E-state index in [2.05, 4.69) is 26.3 Å². The summed E-state index contributed by atoms with van der Waals surface area (Å²) in [5.41, 5.74) is 12.6. The van der Waals surface area contributed by atoms with Crippen molar-refractivity contribution in [2.75, 3.05) is 5.73 Å². The quantitative estimate of drug-likeness (QED) is 0.357. The molecule has 0 aromatic carbocycles. The van der Waals surface area contributed by atoms with Gasteiger partial charge in [0.25, 0.3) is 5.91 Å². The van der Waals surface area contributed by atoms with Gasteiger partial charge in [0.2, 0.25) is 5.82 Å². The highest BCUT2D eigenvalue weighted by Crippen LogP contribution is 2.50. The molecule has 4 atom stereocenters. The van der Waals surface area contributed by atoms with Gasteiger partial charge < -0.3 is 20.7 Å². The highest BCUT2D eigenvalue weighted by atomic mass is 16.3. The summed E-state index contributed by atoms with van der Waals surface area (Å²) in [5.74, 6) is 1.56. The Morgan fingerprint density at radius 1 is 1.15 bits per heavy atom. The van der Waals surface area contributed by atoms with Gasteiger partial charge in [-0.1, -0.05) is 0 Å². The van der Waals surface area contributed by atoms with Gasteiger partial charge >= 0.3 is 0 Å². The van der Waals surface area contributed by atoms with Gasteiger partial charge in [-0.25, -0.2) is 4.98 Å². The van der Waals surface area contributed by atoms with Gasteiger partial charge in [-0.05, 0) is 82.3 Å². The van der Waals surface area contributed by atoms with Crippen LogP contribution < -0.4 is 5.73 Å². The summed E-state index contributed by atoms with van der Waals surface area (Å²) in [6, 6.07) is 2.43. The van der Waals surface area contributed by atoms with Crippen molar-refractivity contribution in [3.63, 3.8) is 0 Å². The van der Waals surface area contributed by atoms with E-state index >= 15 is 0 Å². The number of nitrogen functional groups attached to an aromatic ring is 1. The molecular formula is C29H33N9O2. The average Bonchev–Trinajstić information content (AvgIpc) is 3.33. The molecular weight excluding hydrogens is 506 g/mol. The molecule has 6 heterocycles. The molecule has 4 aromatic rings. The fourth-order valence-corrected chi connectivity index (χ4v) is 7.59. The fourth-order valence-electron chi connectivity index (χ4n) is 7.59. The molecule has 1 amide bonds. The summed E-state index contributed by atoms with van der Waals surface area (Å²) >= 11 is 0. The highest BCUT2D eigenvalue weighted by Gasteiger charge is 2.46. The first-order chi connectivity index (χ1) is 19.4. The number of nitrogens with two attached hydrogens (primary N) is 1. The summed E-state index contributed by atoms with van der Waals surface area (Å²) in [4.78, 5) is 28.1. The van der Waals surface area contributed by atoms with E-state index in [4.69, 9.17) is 15.7 Å². The minimum atomic E-state index is -0.898. The third-order valence-corrected chi connectivity index (χ3v) is 9.61. The van der Waals surface area contributed by atoms with E-state index in [1.807, 2.05) is 24.2 Å². The molecule has 206 valence electrons. The van der Waals surface area contributed by atoms with Gasteiger partial charge in [-0.2, -0.15) is 9.61 Å². The molecule has 4 aliphatic rings. The summed E-state index contributed by atoms with van der Waals surface area (Å²) in [5, 5.41) is 23.3. The smallest absolute Gasteiger partial charge is 0.292 e. The van der Waals surface area contributed by atoms with Crippen molar-refractivity contribution in [3.8, 4) is 11.1 Å². The number of pyridine rings is 1. The zero-order valence-corrected chi connectivity index (χ0v) is 22.5. The number of aliphatic hydroxyl groups is 1. The predicted octanol–water partition coefficient (Wildman–Crippen LogP) is 3.46. The Morgan fingerprint density at radius 2 is 1.95 bits per heavy atom. The van der Waals surface area contributed by atoms with Crippen LogP contribution in [-0.2, 0) is 12.0 Å². The molecule has 40 heavy (non-hydrogen) atoms. The molecule has 11 nitrogen and oxygen atoms in total. The number of aromatic nitrogens is 7. The van der Waals surface area contributed by atoms with Crippen molar-refractivity contribution in [2.24, 2.45) is 0 Å². The molecule has 2 aliphatic heterocycles. The number of carbonyl (C=O) groups excluding carboxylic acids is 1. The lowest BCUT2D eigenvalue weighted by Gasteiger charge is -2.39. The largest absolute Gasteiger partial charge is 0.384 e. The van der Waals surface area contributed by atoms with Crippen molar-refractivity contribution in [2.45, 2.75) is 94.2 Å². The number of fused-ring (bicyclic) bond motifs is 4. The maximum Gasteiger partial charge on any atom is 0.292 e. The number of hydrogen-bond donors (Lipinski definition) is 3. The van der Waals surface area contributed by atoms with Crippen molar-refractivity contribution < 1.29 is 9.90 Å². The standard InChI is InChI=1S/C29H33N9O2/c1-29(40)8-2-3-16-9-18(12-31-24(16)29)21-13-34-38-25(30)22(15-4-5-15)23(35-27(21)38)17-10-19-6-7-20(11-17)37(19)28(39)26-32-14-33-36-26/h9,12-15,17,19-20,40H,2-8,10-11,30H2,1H3,(H,32,33,36)/t17-,19+,20-,29?. The van der Waals surface area contributed by atoms with Crippen LogP contribution in [0.25, 0.3) is 16.8 Å². The lowest BCUT2D eigenvalue weighted by molar-refractivity contribution is 0.0340. The molecule has 3 fully saturated rings. The Bertz CT molecular complexity index is 1620. The molecule has 2 saturated heterocycles. The van der Waals surface area contributed by atoms with Gasteiger partial charge in [-0.3, -0.25) is 9.78 Å². The molecule has 1 saturated carbocycles. The second-order valence-electron chi connectivity index (χ2n) is 12.3. The van der Waals surface area contributed by atoms with Crippen LogP contribution in [0.4, 0.5) is 5.82 Å². The number of anilines is 1. The van der Waals surface area contributed by atoms with E-state index in [1.165, 1.54) is 6.33 Å². The third-order valence-electron chi connectivity index (χ3n) is 9.61. The maximum atomic E-state index is 13.2. The maximum absolute atomic E-state index is 13.2.